The van der Waals surface area contributed by atoms with Crippen LogP contribution in [0.3, 0.4) is 0 Å². The van der Waals surface area contributed by atoms with Gasteiger partial charge in [0.25, 0.3) is 0 Å². The molecule has 0 aliphatic rings. The van der Waals surface area contributed by atoms with E-state index < -0.39 is 5.25 Å². The highest BCUT2D eigenvalue weighted by Gasteiger charge is 2.23. The first-order valence-electron chi connectivity index (χ1n) is 11.8. The van der Waals surface area contributed by atoms with Crippen LogP contribution in [0.4, 0.5) is 10.8 Å². The van der Waals surface area contributed by atoms with Crippen molar-refractivity contribution in [2.24, 2.45) is 5.41 Å². The summed E-state index contributed by atoms with van der Waals surface area (Å²) in [4.78, 5) is 31.2. The second-order valence-corrected chi connectivity index (χ2v) is 12.2. The molecule has 0 radical (unpaired) electrons. The summed E-state index contributed by atoms with van der Waals surface area (Å²) in [5, 5.41) is 8.44. The molecule has 1 aromatic heterocycles. The van der Waals surface area contributed by atoms with Crippen molar-refractivity contribution in [2.45, 2.75) is 37.3 Å². The molecule has 3 aromatic carbocycles. The fraction of sp³-hybridized carbons (Fsp3) is 0.207. The Bertz CT molecular complexity index is 1370. The van der Waals surface area contributed by atoms with Gasteiger partial charge in [-0.3, -0.25) is 9.59 Å². The van der Waals surface area contributed by atoms with Gasteiger partial charge in [-0.05, 0) is 41.3 Å². The smallest absolute Gasteiger partial charge is 0.244 e. The van der Waals surface area contributed by atoms with Crippen LogP contribution in [-0.2, 0) is 9.59 Å². The summed E-state index contributed by atoms with van der Waals surface area (Å²) in [5.74, 6) is -0.187. The Morgan fingerprint density at radius 3 is 2.30 bits per heavy atom. The van der Waals surface area contributed by atoms with E-state index in [1.807, 2.05) is 105 Å². The predicted molar refractivity (Wildman–Crippen MR) is 155 cm³/mol. The van der Waals surface area contributed by atoms with Gasteiger partial charge in [-0.15, -0.1) is 23.1 Å². The van der Waals surface area contributed by atoms with E-state index in [4.69, 9.17) is 11.6 Å². The minimum atomic E-state index is -0.491. The molecule has 0 fully saturated rings. The SMILES string of the molecule is CC(C)(C)CC(=O)Nc1ccc(SC(C(=O)Nc2nc(-c3ccccc3Cl)cs2)c2ccccc2)cc1. The largest absolute Gasteiger partial charge is 0.326 e. The molecule has 0 bridgehead atoms. The Hall–Kier alpha value is -3.13. The van der Waals surface area contributed by atoms with E-state index in [0.717, 1.165) is 27.4 Å². The number of thiazole rings is 1. The van der Waals surface area contributed by atoms with Gasteiger partial charge in [0, 0.05) is 33.0 Å². The van der Waals surface area contributed by atoms with Gasteiger partial charge in [-0.25, -0.2) is 4.98 Å². The van der Waals surface area contributed by atoms with E-state index >= 15 is 0 Å². The third-order valence-corrected chi connectivity index (χ3v) is 7.66. The first kappa shape index (κ1) is 26.9. The number of hydrogen-bond donors (Lipinski definition) is 2. The number of amides is 2. The minimum Gasteiger partial charge on any atom is -0.326 e. The molecular weight excluding hydrogens is 522 g/mol. The van der Waals surface area contributed by atoms with Crippen LogP contribution in [0.1, 0.15) is 38.0 Å². The van der Waals surface area contributed by atoms with Gasteiger partial charge in [0.15, 0.2) is 5.13 Å². The molecule has 0 aliphatic heterocycles. The molecule has 1 heterocycles. The number of carbonyl (C=O) groups is 2. The third kappa shape index (κ3) is 7.68. The highest BCUT2D eigenvalue weighted by Crippen LogP contribution is 2.37. The molecule has 5 nitrogen and oxygen atoms in total. The van der Waals surface area contributed by atoms with Crippen LogP contribution in [0.15, 0.2) is 89.1 Å². The van der Waals surface area contributed by atoms with E-state index in [1.165, 1.54) is 23.1 Å². The number of thioether (sulfide) groups is 1. The number of nitrogens with one attached hydrogen (secondary N) is 2. The summed E-state index contributed by atoms with van der Waals surface area (Å²) < 4.78 is 0. The van der Waals surface area contributed by atoms with Crippen molar-refractivity contribution < 1.29 is 9.59 Å². The Labute approximate surface area is 230 Å². The number of benzene rings is 3. The first-order valence-corrected chi connectivity index (χ1v) is 13.9. The molecule has 0 saturated heterocycles. The van der Waals surface area contributed by atoms with Crippen LogP contribution in [0, 0.1) is 5.41 Å². The van der Waals surface area contributed by atoms with E-state index in [0.29, 0.717) is 16.6 Å². The fourth-order valence-electron chi connectivity index (χ4n) is 3.64. The van der Waals surface area contributed by atoms with Crippen LogP contribution in [0.25, 0.3) is 11.3 Å². The quantitative estimate of drug-likeness (QED) is 0.217. The monoisotopic (exact) mass is 549 g/mol. The number of halogens is 1. The van der Waals surface area contributed by atoms with E-state index in [2.05, 4.69) is 15.6 Å². The molecule has 190 valence electrons. The number of anilines is 2. The standard InChI is InChI=1S/C29H28ClN3O2S2/c1-29(2,3)17-25(34)31-20-13-15-21(16-14-20)37-26(19-9-5-4-6-10-19)27(35)33-28-32-24(18-36-28)22-11-7-8-12-23(22)30/h4-16,18,26H,17H2,1-3H3,(H,31,34)(H,32,33,35). The lowest BCUT2D eigenvalue weighted by molar-refractivity contribution is -0.118. The molecular formula is C29H28ClN3O2S2. The van der Waals surface area contributed by atoms with Crippen molar-refractivity contribution in [3.05, 3.63) is 94.8 Å². The van der Waals surface area contributed by atoms with Crippen molar-refractivity contribution in [3.8, 4) is 11.3 Å². The zero-order chi connectivity index (χ0) is 26.4. The molecule has 4 rings (SSSR count). The van der Waals surface area contributed by atoms with Gasteiger partial charge >= 0.3 is 0 Å². The topological polar surface area (TPSA) is 71.1 Å². The van der Waals surface area contributed by atoms with Crippen LogP contribution in [0.5, 0.6) is 0 Å². The van der Waals surface area contributed by atoms with E-state index in [1.54, 1.807) is 0 Å². The number of aromatic nitrogens is 1. The van der Waals surface area contributed by atoms with Crippen LogP contribution in [0.2, 0.25) is 5.02 Å². The summed E-state index contributed by atoms with van der Waals surface area (Å²) in [6.45, 7) is 6.10. The van der Waals surface area contributed by atoms with Gasteiger partial charge < -0.3 is 10.6 Å². The molecule has 0 aliphatic carbocycles. The molecule has 0 saturated carbocycles. The Balaban J connectivity index is 1.48. The molecule has 2 N–H and O–H groups in total. The maximum atomic E-state index is 13.4. The highest BCUT2D eigenvalue weighted by molar-refractivity contribution is 8.00. The Morgan fingerprint density at radius 1 is 0.946 bits per heavy atom. The normalized spacial score (nSPS) is 12.1. The Morgan fingerprint density at radius 2 is 1.62 bits per heavy atom. The fourth-order valence-corrected chi connectivity index (χ4v) is 5.61. The lowest BCUT2D eigenvalue weighted by atomic mass is 9.92. The molecule has 2 amide bonds. The van der Waals surface area contributed by atoms with Crippen molar-refractivity contribution in [1.29, 1.82) is 0 Å². The van der Waals surface area contributed by atoms with E-state index in [9.17, 15) is 9.59 Å². The maximum absolute atomic E-state index is 13.4. The molecule has 8 heteroatoms. The highest BCUT2D eigenvalue weighted by atomic mass is 35.5. The van der Waals surface area contributed by atoms with Gasteiger partial charge in [0.2, 0.25) is 11.8 Å². The van der Waals surface area contributed by atoms with Crippen molar-refractivity contribution in [2.75, 3.05) is 10.6 Å². The lowest BCUT2D eigenvalue weighted by Gasteiger charge is -2.18. The van der Waals surface area contributed by atoms with Gasteiger partial charge in [0.1, 0.15) is 5.25 Å². The van der Waals surface area contributed by atoms with Crippen molar-refractivity contribution in [1.82, 2.24) is 4.98 Å². The van der Waals surface area contributed by atoms with Gasteiger partial charge in [-0.2, -0.15) is 0 Å². The summed E-state index contributed by atoms with van der Waals surface area (Å²) in [6, 6.07) is 24.7. The zero-order valence-corrected chi connectivity index (χ0v) is 23.2. The van der Waals surface area contributed by atoms with Crippen molar-refractivity contribution >= 4 is 57.3 Å². The third-order valence-electron chi connectivity index (χ3n) is 5.31. The number of hydrogen-bond acceptors (Lipinski definition) is 5. The summed E-state index contributed by atoms with van der Waals surface area (Å²) >= 11 is 9.12. The van der Waals surface area contributed by atoms with Crippen LogP contribution < -0.4 is 10.6 Å². The van der Waals surface area contributed by atoms with Crippen LogP contribution in [-0.4, -0.2) is 16.8 Å². The zero-order valence-electron chi connectivity index (χ0n) is 20.8. The average Bonchev–Trinajstić information content (AvgIpc) is 3.31. The summed E-state index contributed by atoms with van der Waals surface area (Å²) in [6.07, 6.45) is 0.439. The number of carbonyl (C=O) groups excluding carboxylic acids is 2. The minimum absolute atomic E-state index is 0.0194. The molecule has 37 heavy (non-hydrogen) atoms. The molecule has 0 spiro atoms. The lowest BCUT2D eigenvalue weighted by Crippen LogP contribution is -2.19. The van der Waals surface area contributed by atoms with Gasteiger partial charge in [0.05, 0.1) is 5.69 Å². The van der Waals surface area contributed by atoms with Gasteiger partial charge in [-0.1, -0.05) is 80.9 Å². The number of rotatable bonds is 8. The maximum Gasteiger partial charge on any atom is 0.244 e. The summed E-state index contributed by atoms with van der Waals surface area (Å²) in [5.41, 5.74) is 3.08. The van der Waals surface area contributed by atoms with Crippen molar-refractivity contribution in [3.63, 3.8) is 0 Å². The first-order chi connectivity index (χ1) is 17.7. The Kier molecular flexibility index (Phi) is 8.69. The molecule has 1 unspecified atom stereocenters. The van der Waals surface area contributed by atoms with E-state index in [-0.39, 0.29) is 17.2 Å². The predicted octanol–water partition coefficient (Wildman–Crippen LogP) is 8.31. The second kappa shape index (κ2) is 11.9. The van der Waals surface area contributed by atoms with Crippen LogP contribution >= 0.6 is 34.7 Å². The average molecular weight is 550 g/mol. The molecule has 4 aromatic rings. The summed E-state index contributed by atoms with van der Waals surface area (Å²) in [7, 11) is 0. The number of nitrogens with zero attached hydrogens (tertiary/aromatic N) is 1. The molecule has 1 atom stereocenters. The second-order valence-electron chi connectivity index (χ2n) is 9.73.